The number of aryl methyl sites for hydroxylation is 1. The van der Waals surface area contributed by atoms with E-state index in [-0.39, 0.29) is 16.9 Å². The van der Waals surface area contributed by atoms with Crippen LogP contribution in [0, 0.1) is 5.92 Å². The van der Waals surface area contributed by atoms with Crippen molar-refractivity contribution in [3.05, 3.63) is 47.2 Å². The normalized spacial score (nSPS) is 22.6. The second-order valence-electron chi connectivity index (χ2n) is 5.89. The molecule has 2 N–H and O–H groups in total. The minimum Gasteiger partial charge on any atom is -0.393 e. The molecule has 1 aliphatic rings. The zero-order valence-electron chi connectivity index (χ0n) is 12.6. The third-order valence-corrected chi connectivity index (χ3v) is 5.82. The van der Waals surface area contributed by atoms with Crippen LogP contribution in [-0.4, -0.2) is 29.4 Å². The number of nitrogens with one attached hydrogen (secondary N) is 1. The fourth-order valence-corrected chi connectivity index (χ4v) is 4.21. The average Bonchev–Trinajstić information content (AvgIpc) is 2.89. The van der Waals surface area contributed by atoms with E-state index in [9.17, 15) is 13.5 Å². The van der Waals surface area contributed by atoms with Crippen LogP contribution in [-0.2, 0) is 17.1 Å². The number of sulfonamides is 1. The summed E-state index contributed by atoms with van der Waals surface area (Å²) in [5.74, 6) is 0.0521. The lowest BCUT2D eigenvalue weighted by Crippen LogP contribution is -2.41. The highest BCUT2D eigenvalue weighted by Gasteiger charge is 2.37. The molecule has 1 aromatic carbocycles. The summed E-state index contributed by atoms with van der Waals surface area (Å²) >= 11 is 5.81. The van der Waals surface area contributed by atoms with Crippen LogP contribution in [0.5, 0.6) is 0 Å². The lowest BCUT2D eigenvalue weighted by atomic mass is 9.76. The van der Waals surface area contributed by atoms with Crippen LogP contribution >= 0.6 is 11.6 Å². The van der Waals surface area contributed by atoms with E-state index in [1.165, 1.54) is 12.1 Å². The number of rotatable bonds is 5. The van der Waals surface area contributed by atoms with Crippen LogP contribution in [0.4, 0.5) is 0 Å². The van der Waals surface area contributed by atoms with Gasteiger partial charge in [0, 0.05) is 23.8 Å². The van der Waals surface area contributed by atoms with E-state index >= 15 is 0 Å². The largest absolute Gasteiger partial charge is 0.393 e. The molecule has 1 saturated carbocycles. The molecule has 1 aromatic heterocycles. The third kappa shape index (κ3) is 3.58. The lowest BCUT2D eigenvalue weighted by molar-refractivity contribution is 0.0280. The van der Waals surface area contributed by atoms with Crippen LogP contribution in [0.3, 0.4) is 0 Å². The Morgan fingerprint density at radius 2 is 2.00 bits per heavy atom. The molecule has 0 aliphatic heterocycles. The van der Waals surface area contributed by atoms with Crippen molar-refractivity contribution in [2.75, 3.05) is 0 Å². The van der Waals surface area contributed by atoms with Crippen molar-refractivity contribution in [1.82, 2.24) is 14.5 Å². The van der Waals surface area contributed by atoms with E-state index in [2.05, 4.69) is 9.82 Å². The van der Waals surface area contributed by atoms with Gasteiger partial charge in [0.25, 0.3) is 0 Å². The lowest BCUT2D eigenvalue weighted by Gasteiger charge is -2.37. The van der Waals surface area contributed by atoms with Crippen LogP contribution in [0.15, 0.2) is 41.6 Å². The molecule has 0 saturated heterocycles. The van der Waals surface area contributed by atoms with E-state index in [4.69, 9.17) is 11.6 Å². The molecule has 1 fully saturated rings. The van der Waals surface area contributed by atoms with Gasteiger partial charge in [-0.15, -0.1) is 0 Å². The van der Waals surface area contributed by atoms with Crippen molar-refractivity contribution in [3.63, 3.8) is 0 Å². The quantitative estimate of drug-likeness (QED) is 0.857. The van der Waals surface area contributed by atoms with Gasteiger partial charge in [-0.1, -0.05) is 11.6 Å². The van der Waals surface area contributed by atoms with Gasteiger partial charge in [-0.05, 0) is 43.0 Å². The Hall–Kier alpha value is -1.41. The fraction of sp³-hybridized carbons (Fsp3) is 0.400. The number of aliphatic hydroxyl groups excluding tert-OH is 1. The van der Waals surface area contributed by atoms with Crippen molar-refractivity contribution in [2.24, 2.45) is 13.0 Å². The molecular formula is C15H18ClN3O3S. The molecule has 1 unspecified atom stereocenters. The molecule has 0 radical (unpaired) electrons. The molecule has 3 rings (SSSR count). The zero-order chi connectivity index (χ0) is 16.6. The van der Waals surface area contributed by atoms with Gasteiger partial charge in [0.15, 0.2) is 0 Å². The standard InChI is InChI=1S/C15H18ClN3O3S/c1-19-9-11(8-17-19)15(10-6-13(20)7-10)18-23(21,22)14-4-2-12(16)3-5-14/h2-5,8-10,13,15,18,20H,6-7H2,1H3. The molecule has 1 aliphatic carbocycles. The number of nitrogens with zero attached hydrogens (tertiary/aromatic N) is 2. The van der Waals surface area contributed by atoms with Gasteiger partial charge in [0.2, 0.25) is 10.0 Å². The first-order valence-electron chi connectivity index (χ1n) is 7.29. The summed E-state index contributed by atoms with van der Waals surface area (Å²) in [5.41, 5.74) is 0.793. The Labute approximate surface area is 140 Å². The van der Waals surface area contributed by atoms with Gasteiger partial charge in [-0.3, -0.25) is 4.68 Å². The van der Waals surface area contributed by atoms with Crippen molar-refractivity contribution < 1.29 is 13.5 Å². The summed E-state index contributed by atoms with van der Waals surface area (Å²) in [6.45, 7) is 0. The summed E-state index contributed by atoms with van der Waals surface area (Å²) in [6.07, 6.45) is 4.23. The average molecular weight is 356 g/mol. The van der Waals surface area contributed by atoms with Crippen molar-refractivity contribution in [2.45, 2.75) is 29.9 Å². The molecule has 0 bridgehead atoms. The predicted molar refractivity (Wildman–Crippen MR) is 86.5 cm³/mol. The number of benzene rings is 1. The maximum atomic E-state index is 12.6. The zero-order valence-corrected chi connectivity index (χ0v) is 14.1. The highest BCUT2D eigenvalue weighted by atomic mass is 35.5. The van der Waals surface area contributed by atoms with Gasteiger partial charge in [0.05, 0.1) is 23.2 Å². The maximum Gasteiger partial charge on any atom is 0.241 e. The summed E-state index contributed by atoms with van der Waals surface area (Å²) in [4.78, 5) is 0.163. The van der Waals surface area contributed by atoms with Crippen molar-refractivity contribution >= 4 is 21.6 Å². The number of halogens is 1. The Morgan fingerprint density at radius 3 is 2.52 bits per heavy atom. The first-order chi connectivity index (χ1) is 10.8. The van der Waals surface area contributed by atoms with E-state index in [0.29, 0.717) is 17.9 Å². The predicted octanol–water partition coefficient (Wildman–Crippen LogP) is 1.86. The Balaban J connectivity index is 1.87. The molecule has 0 spiro atoms. The highest BCUT2D eigenvalue weighted by molar-refractivity contribution is 7.89. The summed E-state index contributed by atoms with van der Waals surface area (Å²) < 4.78 is 29.6. The Bertz CT molecular complexity index is 783. The van der Waals surface area contributed by atoms with Gasteiger partial charge < -0.3 is 5.11 Å². The fourth-order valence-electron chi connectivity index (χ4n) is 2.79. The van der Waals surface area contributed by atoms with Crippen molar-refractivity contribution in [1.29, 1.82) is 0 Å². The highest BCUT2D eigenvalue weighted by Crippen LogP contribution is 2.38. The maximum absolute atomic E-state index is 12.6. The van der Waals surface area contributed by atoms with Gasteiger partial charge in [0.1, 0.15) is 0 Å². The number of hydrogen-bond acceptors (Lipinski definition) is 4. The van der Waals surface area contributed by atoms with Crippen LogP contribution in [0.1, 0.15) is 24.4 Å². The Kier molecular flexibility index (Phi) is 4.46. The van der Waals surface area contributed by atoms with Crippen LogP contribution < -0.4 is 4.72 Å². The smallest absolute Gasteiger partial charge is 0.241 e. The van der Waals surface area contributed by atoms with E-state index in [0.717, 1.165) is 5.56 Å². The molecule has 1 atom stereocenters. The third-order valence-electron chi connectivity index (χ3n) is 4.11. The molecule has 6 nitrogen and oxygen atoms in total. The minimum atomic E-state index is -3.68. The molecule has 124 valence electrons. The molecule has 0 amide bonds. The number of aromatic nitrogens is 2. The first-order valence-corrected chi connectivity index (χ1v) is 9.16. The summed E-state index contributed by atoms with van der Waals surface area (Å²) in [5, 5.41) is 14.1. The van der Waals surface area contributed by atoms with E-state index in [1.54, 1.807) is 36.3 Å². The number of hydrogen-bond donors (Lipinski definition) is 2. The van der Waals surface area contributed by atoms with Gasteiger partial charge >= 0.3 is 0 Å². The van der Waals surface area contributed by atoms with Gasteiger partial charge in [-0.25, -0.2) is 13.1 Å². The second-order valence-corrected chi connectivity index (χ2v) is 8.04. The summed E-state index contributed by atoms with van der Waals surface area (Å²) in [6, 6.07) is 5.62. The molecule has 23 heavy (non-hydrogen) atoms. The van der Waals surface area contributed by atoms with Crippen molar-refractivity contribution in [3.8, 4) is 0 Å². The van der Waals surface area contributed by atoms with Gasteiger partial charge in [-0.2, -0.15) is 5.10 Å². The Morgan fingerprint density at radius 1 is 1.35 bits per heavy atom. The first kappa shape index (κ1) is 16.4. The SMILES string of the molecule is Cn1cc(C(NS(=O)(=O)c2ccc(Cl)cc2)C2CC(O)C2)cn1. The van der Waals surface area contributed by atoms with E-state index in [1.807, 2.05) is 0 Å². The molecule has 2 aromatic rings. The van der Waals surface area contributed by atoms with Crippen LogP contribution in [0.25, 0.3) is 0 Å². The van der Waals surface area contributed by atoms with E-state index < -0.39 is 16.1 Å². The molecular weight excluding hydrogens is 338 g/mol. The minimum absolute atomic E-state index is 0.0521. The monoisotopic (exact) mass is 355 g/mol. The van der Waals surface area contributed by atoms with Crippen LogP contribution in [0.2, 0.25) is 5.02 Å². The topological polar surface area (TPSA) is 84.2 Å². The summed E-state index contributed by atoms with van der Waals surface area (Å²) in [7, 11) is -1.90. The molecule has 1 heterocycles. The number of aliphatic hydroxyl groups is 1. The second kappa shape index (κ2) is 6.24. The molecule has 8 heteroatoms.